The minimum absolute atomic E-state index is 0. The summed E-state index contributed by atoms with van der Waals surface area (Å²) in [5, 5.41) is 16.3. The summed E-state index contributed by atoms with van der Waals surface area (Å²) in [6.07, 6.45) is -11.7. The van der Waals surface area contributed by atoms with Gasteiger partial charge in [0.2, 0.25) is 5.76 Å². The molecular weight excluding hydrogens is 803 g/mol. The number of halogens is 6. The van der Waals surface area contributed by atoms with Crippen molar-refractivity contribution in [2.75, 3.05) is 0 Å². The zero-order valence-corrected chi connectivity index (χ0v) is 30.7. The Kier molecular flexibility index (Phi) is 16.6. The summed E-state index contributed by atoms with van der Waals surface area (Å²) in [5.41, 5.74) is 0. The van der Waals surface area contributed by atoms with E-state index in [2.05, 4.69) is 182 Å². The molecule has 11 heteroatoms. The summed E-state index contributed by atoms with van der Waals surface area (Å²) < 4.78 is 68.1. The van der Waals surface area contributed by atoms with Crippen LogP contribution in [0.25, 0.3) is 0 Å². The van der Waals surface area contributed by atoms with Crippen molar-refractivity contribution in [3.05, 3.63) is 194 Å². The SMILES string of the molecule is O=C(/C=C(\O)C(F)(F)F)C(F)(F)F.[Rh].c1ccc(P(c2ccccc2)c2ccccc2)cc1.c1ccc(P(c2ccccc2)c2ccccc2)cc1. The van der Waals surface area contributed by atoms with Crippen LogP contribution >= 0.6 is 15.8 Å². The van der Waals surface area contributed by atoms with Crippen molar-refractivity contribution < 1.29 is 55.7 Å². The Morgan fingerprint density at radius 2 is 0.596 bits per heavy atom. The summed E-state index contributed by atoms with van der Waals surface area (Å²) in [4.78, 5) is 9.86. The fourth-order valence-corrected chi connectivity index (χ4v) is 9.26. The van der Waals surface area contributed by atoms with Crippen molar-refractivity contribution in [3.8, 4) is 0 Å². The topological polar surface area (TPSA) is 37.3 Å². The molecule has 6 rings (SSSR count). The molecule has 0 aliphatic rings. The Morgan fingerprint density at radius 1 is 0.404 bits per heavy atom. The molecule has 0 saturated carbocycles. The Bertz CT molecular complexity index is 1620. The van der Waals surface area contributed by atoms with Gasteiger partial charge in [0.05, 0.1) is 0 Å². The zero-order chi connectivity index (χ0) is 36.7. The molecule has 0 bridgehead atoms. The first-order valence-corrected chi connectivity index (χ1v) is 18.1. The predicted molar refractivity (Wildman–Crippen MR) is 198 cm³/mol. The van der Waals surface area contributed by atoms with E-state index in [0.717, 1.165) is 0 Å². The van der Waals surface area contributed by atoms with Crippen molar-refractivity contribution in [3.63, 3.8) is 0 Å². The number of hydrogen-bond donors (Lipinski definition) is 1. The van der Waals surface area contributed by atoms with Gasteiger partial charge in [-0.05, 0) is 47.7 Å². The number of carbonyl (C=O) groups excluding carboxylic acids is 1. The number of aliphatic hydroxyl groups is 1. The smallest absolute Gasteiger partial charge is 0.454 e. The summed E-state index contributed by atoms with van der Waals surface area (Å²) in [7, 11) is -0.892. The van der Waals surface area contributed by atoms with Crippen molar-refractivity contribution >= 4 is 53.5 Å². The van der Waals surface area contributed by atoms with Gasteiger partial charge in [0.25, 0.3) is 5.78 Å². The van der Waals surface area contributed by atoms with Gasteiger partial charge in [0.15, 0.2) is 0 Å². The zero-order valence-electron chi connectivity index (χ0n) is 27.2. The van der Waals surface area contributed by atoms with Gasteiger partial charge in [-0.3, -0.25) is 4.79 Å². The first kappa shape index (κ1) is 42.0. The van der Waals surface area contributed by atoms with Crippen LogP contribution in [0.2, 0.25) is 0 Å². The molecule has 0 spiro atoms. The third kappa shape index (κ3) is 13.0. The van der Waals surface area contributed by atoms with Gasteiger partial charge >= 0.3 is 12.4 Å². The van der Waals surface area contributed by atoms with Gasteiger partial charge in [0.1, 0.15) is 0 Å². The van der Waals surface area contributed by atoms with Crippen LogP contribution in [-0.2, 0) is 24.3 Å². The first-order chi connectivity index (χ1) is 24.4. The molecule has 1 N–H and O–H groups in total. The predicted octanol–water partition coefficient (Wildman–Crippen LogP) is 9.01. The maximum atomic E-state index is 11.4. The average molecular weight is 836 g/mol. The molecule has 0 aliphatic heterocycles. The quantitative estimate of drug-likeness (QED) is 0.0574. The van der Waals surface area contributed by atoms with E-state index in [1.807, 2.05) is 0 Å². The maximum Gasteiger partial charge on any atom is 0.454 e. The van der Waals surface area contributed by atoms with Crippen molar-refractivity contribution in [2.45, 2.75) is 12.4 Å². The van der Waals surface area contributed by atoms with E-state index in [-0.39, 0.29) is 19.5 Å². The van der Waals surface area contributed by atoms with Gasteiger partial charge in [-0.1, -0.05) is 182 Å². The van der Waals surface area contributed by atoms with Crippen LogP contribution in [0.1, 0.15) is 0 Å². The van der Waals surface area contributed by atoms with Crippen LogP contribution < -0.4 is 31.8 Å². The third-order valence-corrected chi connectivity index (χ3v) is 11.8. The molecule has 0 fully saturated rings. The molecular formula is C41H32F6O2P2Rh. The number of allylic oxidation sites excluding steroid dienone is 2. The minimum Gasteiger partial charge on any atom is -0.504 e. The fourth-order valence-electron chi connectivity index (χ4n) is 4.64. The second-order valence-electron chi connectivity index (χ2n) is 10.6. The van der Waals surface area contributed by atoms with Crippen LogP contribution in [0.4, 0.5) is 26.3 Å². The molecule has 0 amide bonds. The van der Waals surface area contributed by atoms with E-state index in [4.69, 9.17) is 5.11 Å². The standard InChI is InChI=1S/2C18H15P.C5H2F6O2.Rh/c2*1-4-10-16(11-5-1)19(17-12-6-2-7-13-17)18-14-8-3-9-15-18;6-4(7,8)2(12)1-3(13)5(9,10)11;/h2*1-15H;1,12H;/b;;2-1-;. The van der Waals surface area contributed by atoms with E-state index in [1.165, 1.54) is 31.8 Å². The molecule has 6 aromatic carbocycles. The van der Waals surface area contributed by atoms with Gasteiger partial charge < -0.3 is 5.11 Å². The molecule has 6 aromatic rings. The molecule has 269 valence electrons. The Morgan fingerprint density at radius 3 is 0.750 bits per heavy atom. The van der Waals surface area contributed by atoms with E-state index < -0.39 is 45.8 Å². The van der Waals surface area contributed by atoms with Gasteiger partial charge in [-0.2, -0.15) is 26.3 Å². The fraction of sp³-hybridized carbons (Fsp3) is 0.0488. The number of aliphatic hydroxyl groups excluding tert-OH is 1. The van der Waals surface area contributed by atoms with Gasteiger partial charge in [-0.25, -0.2) is 0 Å². The van der Waals surface area contributed by atoms with E-state index in [0.29, 0.717) is 0 Å². The molecule has 0 unspecified atom stereocenters. The Labute approximate surface area is 314 Å². The van der Waals surface area contributed by atoms with Crippen molar-refractivity contribution in [1.82, 2.24) is 0 Å². The number of carbonyl (C=O) groups is 1. The van der Waals surface area contributed by atoms with Crippen LogP contribution in [0, 0.1) is 0 Å². The Hall–Kier alpha value is -4.41. The van der Waals surface area contributed by atoms with Crippen LogP contribution in [0.15, 0.2) is 194 Å². The monoisotopic (exact) mass is 835 g/mol. The molecule has 0 saturated heterocycles. The number of rotatable bonds is 7. The van der Waals surface area contributed by atoms with Crippen molar-refractivity contribution in [1.29, 1.82) is 0 Å². The average Bonchev–Trinajstić information content (AvgIpc) is 3.14. The van der Waals surface area contributed by atoms with Gasteiger partial charge in [-0.15, -0.1) is 0 Å². The normalized spacial score (nSPS) is 11.3. The minimum atomic E-state index is -5.42. The number of ketones is 1. The number of hydrogen-bond acceptors (Lipinski definition) is 2. The van der Waals surface area contributed by atoms with Gasteiger partial charge in [0, 0.05) is 25.6 Å². The summed E-state index contributed by atoms with van der Waals surface area (Å²) in [6, 6.07) is 64.7. The number of alkyl halides is 6. The maximum absolute atomic E-state index is 11.4. The van der Waals surface area contributed by atoms with E-state index >= 15 is 0 Å². The summed E-state index contributed by atoms with van der Waals surface area (Å²) in [6.45, 7) is 0. The van der Waals surface area contributed by atoms with Crippen molar-refractivity contribution in [2.24, 2.45) is 0 Å². The third-order valence-electron chi connectivity index (χ3n) is 6.92. The molecule has 0 atom stereocenters. The van der Waals surface area contributed by atoms with E-state index in [9.17, 15) is 31.1 Å². The molecule has 1 radical (unpaired) electrons. The molecule has 0 aromatic heterocycles. The Balaban J connectivity index is 0.000000213. The molecule has 2 nitrogen and oxygen atoms in total. The molecule has 52 heavy (non-hydrogen) atoms. The summed E-state index contributed by atoms with van der Waals surface area (Å²) >= 11 is 0. The second-order valence-corrected chi connectivity index (χ2v) is 15.0. The first-order valence-electron chi connectivity index (χ1n) is 15.4. The summed E-state index contributed by atoms with van der Waals surface area (Å²) in [5.74, 6) is -5.34. The van der Waals surface area contributed by atoms with Crippen LogP contribution in [-0.4, -0.2) is 23.2 Å². The number of benzene rings is 6. The second kappa shape index (κ2) is 20.6. The van der Waals surface area contributed by atoms with Crippen LogP contribution in [0.5, 0.6) is 0 Å². The molecule has 0 aliphatic carbocycles. The van der Waals surface area contributed by atoms with E-state index in [1.54, 1.807) is 0 Å². The van der Waals surface area contributed by atoms with Crippen LogP contribution in [0.3, 0.4) is 0 Å². The largest absolute Gasteiger partial charge is 0.504 e. The molecule has 0 heterocycles.